The highest BCUT2D eigenvalue weighted by Gasteiger charge is 2.57. The third-order valence-corrected chi connectivity index (χ3v) is 8.20. The number of nitrogens with one attached hydrogen (secondary N) is 1. The van der Waals surface area contributed by atoms with Crippen LogP contribution in [0.5, 0.6) is 5.75 Å². The van der Waals surface area contributed by atoms with Gasteiger partial charge in [0.1, 0.15) is 5.75 Å². The molecule has 0 radical (unpaired) electrons. The van der Waals surface area contributed by atoms with Crippen molar-refractivity contribution in [3.63, 3.8) is 0 Å². The van der Waals surface area contributed by atoms with Crippen LogP contribution in [0.2, 0.25) is 0 Å². The maximum Gasteiger partial charge on any atom is 0.119 e. The lowest BCUT2D eigenvalue weighted by atomic mass is 9.56. The van der Waals surface area contributed by atoms with Crippen molar-refractivity contribution < 1.29 is 9.84 Å². The van der Waals surface area contributed by atoms with E-state index in [0.29, 0.717) is 13.0 Å². The van der Waals surface area contributed by atoms with Crippen LogP contribution in [-0.2, 0) is 24.8 Å². The lowest BCUT2D eigenvalue weighted by Gasteiger charge is -2.56. The van der Waals surface area contributed by atoms with Crippen molar-refractivity contribution in [2.45, 2.75) is 43.7 Å². The second-order valence-corrected chi connectivity index (χ2v) is 10.3. The Kier molecular flexibility index (Phi) is 5.05. The van der Waals surface area contributed by atoms with Gasteiger partial charge in [-0.3, -0.25) is 4.90 Å². The molecule has 1 fully saturated rings. The minimum atomic E-state index is -0.877. The molecule has 2 unspecified atom stereocenters. The number of fused-ring (bicyclic) bond motifs is 4. The predicted molar refractivity (Wildman–Crippen MR) is 136 cm³/mol. The van der Waals surface area contributed by atoms with E-state index in [4.69, 9.17) is 4.74 Å². The molecule has 1 aliphatic heterocycles. The summed E-state index contributed by atoms with van der Waals surface area (Å²) in [6.07, 6.45) is 2.35. The van der Waals surface area contributed by atoms with Crippen LogP contribution < -0.4 is 4.74 Å². The Morgan fingerprint density at radius 3 is 2.68 bits per heavy atom. The van der Waals surface area contributed by atoms with Crippen molar-refractivity contribution >= 4 is 10.9 Å². The molecule has 2 heterocycles. The number of aliphatic hydroxyl groups is 1. The number of rotatable bonds is 4. The van der Waals surface area contributed by atoms with Crippen LogP contribution in [0.3, 0.4) is 0 Å². The topological polar surface area (TPSA) is 48.5 Å². The molecule has 4 nitrogen and oxygen atoms in total. The number of aryl methyl sites for hydroxylation is 1. The molecule has 3 aromatic carbocycles. The molecule has 0 amide bonds. The number of methoxy groups -OCH3 is 1. The zero-order valence-electron chi connectivity index (χ0n) is 20.0. The number of ether oxygens (including phenoxy) is 1. The maximum atomic E-state index is 12.6. The summed E-state index contributed by atoms with van der Waals surface area (Å²) >= 11 is 0. The van der Waals surface area contributed by atoms with Crippen molar-refractivity contribution in [3.8, 4) is 5.75 Å². The second-order valence-electron chi connectivity index (χ2n) is 10.3. The fourth-order valence-electron chi connectivity index (χ4n) is 6.44. The molecular weight excluding hydrogens is 420 g/mol. The van der Waals surface area contributed by atoms with Crippen molar-refractivity contribution in [2.75, 3.05) is 20.2 Å². The summed E-state index contributed by atoms with van der Waals surface area (Å²) in [5, 5.41) is 13.9. The van der Waals surface area contributed by atoms with Gasteiger partial charge in [-0.1, -0.05) is 54.1 Å². The lowest BCUT2D eigenvalue weighted by molar-refractivity contribution is -0.105. The third kappa shape index (κ3) is 3.36. The number of benzene rings is 3. The minimum absolute atomic E-state index is 0.363. The zero-order valence-corrected chi connectivity index (χ0v) is 20.0. The molecule has 4 heteroatoms. The number of hydrogen-bond acceptors (Lipinski definition) is 3. The van der Waals surface area contributed by atoms with E-state index in [9.17, 15) is 5.11 Å². The largest absolute Gasteiger partial charge is 0.497 e. The van der Waals surface area contributed by atoms with Gasteiger partial charge in [-0.05, 0) is 60.8 Å². The first-order valence-electron chi connectivity index (χ1n) is 12.2. The van der Waals surface area contributed by atoms with Crippen LogP contribution in [0, 0.1) is 6.92 Å². The van der Waals surface area contributed by atoms with E-state index in [-0.39, 0.29) is 5.41 Å². The molecule has 1 aromatic heterocycles. The van der Waals surface area contributed by atoms with Gasteiger partial charge in [-0.15, -0.1) is 0 Å². The van der Waals surface area contributed by atoms with Gasteiger partial charge in [0.05, 0.1) is 12.7 Å². The standard InChI is InChI=1S/C30H32N2O2/c1-21-11-12-27-25(15-21)26-17-30(33)20-32(19-22-7-4-3-5-8-22)14-13-29(30,18-28(26)31-27)23-9-6-10-24(16-23)34-2/h3-12,15-16,31,33H,13-14,17-20H2,1-2H3. The minimum Gasteiger partial charge on any atom is -0.497 e. The molecule has 34 heavy (non-hydrogen) atoms. The Morgan fingerprint density at radius 2 is 1.85 bits per heavy atom. The number of H-pyrrole nitrogens is 1. The van der Waals surface area contributed by atoms with Gasteiger partial charge < -0.3 is 14.8 Å². The van der Waals surface area contributed by atoms with Crippen LogP contribution in [-0.4, -0.2) is 40.8 Å². The molecule has 4 aromatic rings. The van der Waals surface area contributed by atoms with Crippen LogP contribution in [0.15, 0.2) is 72.8 Å². The average molecular weight is 453 g/mol. The van der Waals surface area contributed by atoms with E-state index in [2.05, 4.69) is 83.5 Å². The van der Waals surface area contributed by atoms with E-state index in [0.717, 1.165) is 31.7 Å². The molecule has 6 rings (SSSR count). The van der Waals surface area contributed by atoms with E-state index in [1.54, 1.807) is 7.11 Å². The van der Waals surface area contributed by atoms with E-state index >= 15 is 0 Å². The first-order valence-corrected chi connectivity index (χ1v) is 12.2. The summed E-state index contributed by atoms with van der Waals surface area (Å²) in [6, 6.07) is 25.6. The van der Waals surface area contributed by atoms with Gasteiger partial charge in [0.2, 0.25) is 0 Å². The summed E-state index contributed by atoms with van der Waals surface area (Å²) in [5.74, 6) is 0.846. The Balaban J connectivity index is 1.46. The van der Waals surface area contributed by atoms with Crippen LogP contribution in [0.1, 0.15) is 34.4 Å². The molecule has 2 atom stereocenters. The monoisotopic (exact) mass is 452 g/mol. The smallest absolute Gasteiger partial charge is 0.119 e. The van der Waals surface area contributed by atoms with Gasteiger partial charge in [-0.2, -0.15) is 0 Å². The third-order valence-electron chi connectivity index (χ3n) is 8.20. The summed E-state index contributed by atoms with van der Waals surface area (Å²) in [6.45, 7) is 4.59. The highest BCUT2D eigenvalue weighted by atomic mass is 16.5. The first-order chi connectivity index (χ1) is 16.5. The Labute approximate surface area is 201 Å². The Hall–Kier alpha value is -3.08. The molecule has 174 valence electrons. The van der Waals surface area contributed by atoms with Gasteiger partial charge in [0.25, 0.3) is 0 Å². The SMILES string of the molecule is COc1cccc(C23CCN(Cc4ccccc4)CC2(O)Cc2c([nH]c4ccc(C)cc24)C3)c1. The number of nitrogens with zero attached hydrogens (tertiary/aromatic N) is 1. The second kappa shape index (κ2) is 8.00. The molecule has 1 aliphatic carbocycles. The van der Waals surface area contributed by atoms with Crippen molar-refractivity contribution in [2.24, 2.45) is 0 Å². The van der Waals surface area contributed by atoms with Crippen LogP contribution in [0.25, 0.3) is 10.9 Å². The van der Waals surface area contributed by atoms with E-state index in [1.165, 1.54) is 38.9 Å². The summed E-state index contributed by atoms with van der Waals surface area (Å²) in [4.78, 5) is 6.14. The molecule has 2 N–H and O–H groups in total. The summed E-state index contributed by atoms with van der Waals surface area (Å²) < 4.78 is 5.59. The predicted octanol–water partition coefficient (Wildman–Crippen LogP) is 5.16. The van der Waals surface area contributed by atoms with E-state index in [1.807, 2.05) is 6.07 Å². The highest BCUT2D eigenvalue weighted by Crippen LogP contribution is 2.52. The van der Waals surface area contributed by atoms with Gasteiger partial charge in [0, 0.05) is 47.9 Å². The van der Waals surface area contributed by atoms with E-state index < -0.39 is 5.60 Å². The maximum absolute atomic E-state index is 12.6. The number of aromatic nitrogens is 1. The first kappa shape index (κ1) is 21.5. The lowest BCUT2D eigenvalue weighted by Crippen LogP contribution is -2.66. The number of likely N-dealkylation sites (tertiary alicyclic amines) is 1. The molecule has 2 aliphatic rings. The van der Waals surface area contributed by atoms with Gasteiger partial charge in [0.15, 0.2) is 0 Å². The average Bonchev–Trinajstić information content (AvgIpc) is 3.18. The van der Waals surface area contributed by atoms with Gasteiger partial charge >= 0.3 is 0 Å². The molecule has 0 bridgehead atoms. The van der Waals surface area contributed by atoms with Crippen LogP contribution in [0.4, 0.5) is 0 Å². The Bertz CT molecular complexity index is 1340. The van der Waals surface area contributed by atoms with Crippen molar-refractivity contribution in [3.05, 3.63) is 101 Å². The normalized spacial score (nSPS) is 24.6. The fourth-order valence-corrected chi connectivity index (χ4v) is 6.44. The Morgan fingerprint density at radius 1 is 1.00 bits per heavy atom. The molecule has 0 spiro atoms. The van der Waals surface area contributed by atoms with Gasteiger partial charge in [-0.25, -0.2) is 0 Å². The van der Waals surface area contributed by atoms with Crippen molar-refractivity contribution in [1.82, 2.24) is 9.88 Å². The summed E-state index contributed by atoms with van der Waals surface area (Å²) in [7, 11) is 1.71. The molecule has 0 saturated carbocycles. The molecule has 1 saturated heterocycles. The fraction of sp³-hybridized carbons (Fsp3) is 0.333. The molecular formula is C30H32N2O2. The number of piperidine rings is 1. The summed E-state index contributed by atoms with van der Waals surface area (Å²) in [5.41, 5.74) is 6.19. The number of β-amino-alcohol motifs (C(OH)–C–C–N with tert-alkyl or cyclic N) is 1. The van der Waals surface area contributed by atoms with Crippen LogP contribution >= 0.6 is 0 Å². The number of aromatic amines is 1. The van der Waals surface area contributed by atoms with Crippen molar-refractivity contribution in [1.29, 1.82) is 0 Å². The highest BCUT2D eigenvalue weighted by molar-refractivity contribution is 5.86. The zero-order chi connectivity index (χ0) is 23.3. The number of hydrogen-bond donors (Lipinski definition) is 2. The quantitative estimate of drug-likeness (QED) is 0.450.